The number of esters is 1. The highest BCUT2D eigenvalue weighted by atomic mass is 32.1. The number of unbranched alkanes of at least 4 members (excludes halogenated alkanes) is 8. The number of ether oxygens (including phenoxy) is 1. The highest BCUT2D eigenvalue weighted by Gasteiger charge is 2.26. The highest BCUT2D eigenvalue weighted by molar-refractivity contribution is 7.80. The number of anilines is 1. The minimum atomic E-state index is -0.226. The maximum atomic E-state index is 12.5. The van der Waals surface area contributed by atoms with Gasteiger partial charge in [-0.3, -0.25) is 0 Å². The van der Waals surface area contributed by atoms with E-state index in [0.29, 0.717) is 17.3 Å². The molecular weight excluding hydrogens is 400 g/mol. The molecule has 0 aliphatic heterocycles. The number of fused-ring (bicyclic) bond motifs is 1. The average Bonchev–Trinajstić information content (AvgIpc) is 3.07. The van der Waals surface area contributed by atoms with Gasteiger partial charge in [0.05, 0.1) is 12.2 Å². The zero-order valence-corrected chi connectivity index (χ0v) is 19.9. The van der Waals surface area contributed by atoms with E-state index in [4.69, 9.17) is 17.0 Å². The minimum Gasteiger partial charge on any atom is -0.462 e. The number of carbonyl (C=O) groups is 1. The van der Waals surface area contributed by atoms with Gasteiger partial charge in [-0.1, -0.05) is 58.3 Å². The van der Waals surface area contributed by atoms with E-state index in [9.17, 15) is 4.79 Å². The number of nitrogens with one attached hydrogen (secondary N) is 2. The average molecular weight is 439 g/mol. The number of thiocarbonyl (C=S) groups is 1. The normalized spacial score (nSPS) is 13.0. The molecule has 0 aromatic carbocycles. The summed E-state index contributed by atoms with van der Waals surface area (Å²) < 4.78 is 5.31. The van der Waals surface area contributed by atoms with Crippen molar-refractivity contribution < 1.29 is 9.53 Å². The van der Waals surface area contributed by atoms with Gasteiger partial charge in [0.25, 0.3) is 0 Å². The van der Waals surface area contributed by atoms with Crippen molar-refractivity contribution in [2.75, 3.05) is 18.5 Å². The first-order valence-electron chi connectivity index (χ1n) is 11.5. The summed E-state index contributed by atoms with van der Waals surface area (Å²) in [6.45, 7) is 5.38. The molecule has 1 aromatic rings. The van der Waals surface area contributed by atoms with E-state index >= 15 is 0 Å². The zero-order chi connectivity index (χ0) is 20.9. The largest absolute Gasteiger partial charge is 0.462 e. The predicted octanol–water partition coefficient (Wildman–Crippen LogP) is 6.62. The second kappa shape index (κ2) is 14.0. The fourth-order valence-electron chi connectivity index (χ4n) is 3.86. The number of aryl methyl sites for hydroxylation is 1. The van der Waals surface area contributed by atoms with E-state index in [1.165, 1.54) is 68.2 Å². The smallest absolute Gasteiger partial charge is 0.341 e. The summed E-state index contributed by atoms with van der Waals surface area (Å²) in [5.74, 6) is -0.226. The lowest BCUT2D eigenvalue weighted by Crippen LogP contribution is -2.29. The fourth-order valence-corrected chi connectivity index (χ4v) is 5.41. The monoisotopic (exact) mass is 438 g/mol. The molecule has 0 saturated carbocycles. The van der Waals surface area contributed by atoms with Crippen molar-refractivity contribution in [3.8, 4) is 0 Å². The molecule has 164 valence electrons. The van der Waals surface area contributed by atoms with E-state index in [2.05, 4.69) is 17.6 Å². The molecule has 0 fully saturated rings. The summed E-state index contributed by atoms with van der Waals surface area (Å²) >= 11 is 7.14. The Bertz CT molecular complexity index is 643. The molecule has 29 heavy (non-hydrogen) atoms. The van der Waals surface area contributed by atoms with Gasteiger partial charge in [-0.25, -0.2) is 4.79 Å². The quantitative estimate of drug-likeness (QED) is 0.206. The van der Waals surface area contributed by atoms with Crippen molar-refractivity contribution in [3.63, 3.8) is 0 Å². The Kier molecular flexibility index (Phi) is 11.6. The van der Waals surface area contributed by atoms with Gasteiger partial charge in [0, 0.05) is 11.4 Å². The third-order valence-electron chi connectivity index (χ3n) is 5.44. The van der Waals surface area contributed by atoms with E-state index in [1.807, 2.05) is 6.92 Å². The molecule has 0 spiro atoms. The first-order valence-corrected chi connectivity index (χ1v) is 12.8. The Balaban J connectivity index is 1.72. The molecular formula is C23H38N2O2S2. The van der Waals surface area contributed by atoms with Gasteiger partial charge in [0.15, 0.2) is 5.11 Å². The molecule has 0 saturated heterocycles. The summed E-state index contributed by atoms with van der Waals surface area (Å²) in [4.78, 5) is 13.8. The van der Waals surface area contributed by atoms with Gasteiger partial charge in [0.1, 0.15) is 5.00 Å². The van der Waals surface area contributed by atoms with Crippen LogP contribution in [0.25, 0.3) is 0 Å². The lowest BCUT2D eigenvalue weighted by molar-refractivity contribution is 0.0526. The highest BCUT2D eigenvalue weighted by Crippen LogP contribution is 2.38. The van der Waals surface area contributed by atoms with Crippen LogP contribution in [-0.2, 0) is 17.6 Å². The molecule has 0 atom stereocenters. The maximum Gasteiger partial charge on any atom is 0.341 e. The second-order valence-corrected chi connectivity index (χ2v) is 9.36. The third-order valence-corrected chi connectivity index (χ3v) is 6.90. The van der Waals surface area contributed by atoms with Gasteiger partial charge >= 0.3 is 5.97 Å². The predicted molar refractivity (Wildman–Crippen MR) is 128 cm³/mol. The number of hydrogen-bond acceptors (Lipinski definition) is 4. The summed E-state index contributed by atoms with van der Waals surface area (Å²) in [5.41, 5.74) is 1.88. The molecule has 0 bridgehead atoms. The fraction of sp³-hybridized carbons (Fsp3) is 0.739. The van der Waals surface area contributed by atoms with Crippen molar-refractivity contribution in [1.82, 2.24) is 5.32 Å². The van der Waals surface area contributed by atoms with Gasteiger partial charge in [-0.15, -0.1) is 11.3 Å². The lowest BCUT2D eigenvalue weighted by atomic mass is 9.95. The number of thiophene rings is 1. The van der Waals surface area contributed by atoms with Gasteiger partial charge in [-0.2, -0.15) is 0 Å². The van der Waals surface area contributed by atoms with E-state index in [0.717, 1.165) is 37.2 Å². The molecule has 1 aliphatic carbocycles. The molecule has 0 unspecified atom stereocenters. The van der Waals surface area contributed by atoms with Crippen LogP contribution in [0.3, 0.4) is 0 Å². The van der Waals surface area contributed by atoms with Crippen LogP contribution in [0, 0.1) is 0 Å². The van der Waals surface area contributed by atoms with Crippen LogP contribution in [0.15, 0.2) is 0 Å². The van der Waals surface area contributed by atoms with E-state index in [-0.39, 0.29) is 5.97 Å². The Morgan fingerprint density at radius 2 is 1.66 bits per heavy atom. The molecule has 2 rings (SSSR count). The van der Waals surface area contributed by atoms with Crippen molar-refractivity contribution in [3.05, 3.63) is 16.0 Å². The van der Waals surface area contributed by atoms with E-state index in [1.54, 1.807) is 11.3 Å². The zero-order valence-electron chi connectivity index (χ0n) is 18.2. The Morgan fingerprint density at radius 3 is 2.34 bits per heavy atom. The number of carbonyl (C=O) groups excluding carboxylic acids is 1. The van der Waals surface area contributed by atoms with Crippen LogP contribution in [0.2, 0.25) is 0 Å². The van der Waals surface area contributed by atoms with Crippen LogP contribution in [-0.4, -0.2) is 24.2 Å². The molecule has 1 heterocycles. The van der Waals surface area contributed by atoms with Crippen molar-refractivity contribution in [2.24, 2.45) is 0 Å². The Labute approximate surface area is 186 Å². The maximum absolute atomic E-state index is 12.5. The summed E-state index contributed by atoms with van der Waals surface area (Å²) in [6, 6.07) is 0. The molecule has 0 amide bonds. The molecule has 2 N–H and O–H groups in total. The van der Waals surface area contributed by atoms with Crippen molar-refractivity contribution in [2.45, 2.75) is 97.3 Å². The van der Waals surface area contributed by atoms with E-state index < -0.39 is 0 Å². The van der Waals surface area contributed by atoms with Crippen LogP contribution < -0.4 is 10.6 Å². The number of rotatable bonds is 13. The standard InChI is InChI=1S/C23H38N2O2S2/c1-3-5-6-7-8-9-10-11-14-17-24-23(28)25-21-20(22(26)27-4-2)18-15-12-13-16-19(18)29-21/h3-17H2,1-2H3,(H2,24,25,28). The Morgan fingerprint density at radius 1 is 1.00 bits per heavy atom. The first-order chi connectivity index (χ1) is 14.2. The molecule has 1 aromatic heterocycles. The van der Waals surface area contributed by atoms with Crippen LogP contribution in [0.1, 0.15) is 105 Å². The molecule has 6 heteroatoms. The first kappa shape index (κ1) is 24.1. The lowest BCUT2D eigenvalue weighted by Gasteiger charge is -2.13. The summed E-state index contributed by atoms with van der Waals surface area (Å²) in [6.07, 6.45) is 16.2. The summed E-state index contributed by atoms with van der Waals surface area (Å²) in [7, 11) is 0. The topological polar surface area (TPSA) is 50.4 Å². The van der Waals surface area contributed by atoms with Gasteiger partial charge in [0.2, 0.25) is 0 Å². The summed E-state index contributed by atoms with van der Waals surface area (Å²) in [5, 5.41) is 8.03. The van der Waals surface area contributed by atoms with Crippen molar-refractivity contribution >= 4 is 39.6 Å². The number of hydrogen-bond donors (Lipinski definition) is 2. The van der Waals surface area contributed by atoms with Gasteiger partial charge < -0.3 is 15.4 Å². The minimum absolute atomic E-state index is 0.226. The van der Waals surface area contributed by atoms with Crippen LogP contribution in [0.5, 0.6) is 0 Å². The van der Waals surface area contributed by atoms with Gasteiger partial charge in [-0.05, 0) is 56.8 Å². The molecule has 1 aliphatic rings. The SMILES string of the molecule is CCCCCCCCCCCNC(=S)Nc1sc2c(c1C(=O)OCC)CCCC2. The molecule has 0 radical (unpaired) electrons. The molecule has 4 nitrogen and oxygen atoms in total. The van der Waals surface area contributed by atoms with Crippen molar-refractivity contribution in [1.29, 1.82) is 0 Å². The van der Waals surface area contributed by atoms with Crippen LogP contribution >= 0.6 is 23.6 Å². The Hall–Kier alpha value is -1.14. The van der Waals surface area contributed by atoms with Crippen LogP contribution in [0.4, 0.5) is 5.00 Å². The third kappa shape index (κ3) is 8.25. The second-order valence-electron chi connectivity index (χ2n) is 7.84.